The van der Waals surface area contributed by atoms with Crippen molar-refractivity contribution in [3.63, 3.8) is 0 Å². The maximum atomic E-state index is 6.03. The van der Waals surface area contributed by atoms with E-state index in [2.05, 4.69) is 30.4 Å². The number of halogens is 1. The highest BCUT2D eigenvalue weighted by Crippen LogP contribution is 2.39. The number of nitrogens with zero attached hydrogens (tertiary/aromatic N) is 1. The topological polar surface area (TPSA) is 15.3 Å². The molecule has 0 saturated carbocycles. The third-order valence-electron chi connectivity index (χ3n) is 3.02. The van der Waals surface area contributed by atoms with E-state index < -0.39 is 0 Å². The Labute approximate surface area is 107 Å². The van der Waals surface area contributed by atoms with Gasteiger partial charge in [-0.15, -0.1) is 11.3 Å². The van der Waals surface area contributed by atoms with Crippen LogP contribution in [0.2, 0.25) is 4.34 Å². The maximum Gasteiger partial charge on any atom is 0.0934 e. The Morgan fingerprint density at radius 3 is 3.12 bits per heavy atom. The summed E-state index contributed by atoms with van der Waals surface area (Å²) < 4.78 is 0.935. The molecule has 1 aliphatic carbocycles. The first-order valence-corrected chi connectivity index (χ1v) is 7.02. The second kappa shape index (κ2) is 5.50. The summed E-state index contributed by atoms with van der Waals surface area (Å²) in [6.45, 7) is 2.24. The molecule has 0 radical (unpaired) electrons. The van der Waals surface area contributed by atoms with Gasteiger partial charge in [-0.1, -0.05) is 11.6 Å². The van der Waals surface area contributed by atoms with Crippen LogP contribution in [0.5, 0.6) is 0 Å². The minimum absolute atomic E-state index is 0.543. The molecule has 90 valence electrons. The minimum Gasteiger partial charge on any atom is -0.310 e. The number of fused-ring (bicyclic) bond motifs is 1. The highest BCUT2D eigenvalue weighted by atomic mass is 35.5. The van der Waals surface area contributed by atoms with E-state index >= 15 is 0 Å². The van der Waals surface area contributed by atoms with Gasteiger partial charge in [0.1, 0.15) is 0 Å². The first kappa shape index (κ1) is 12.4. The number of hydrogen-bond donors (Lipinski definition) is 1. The molecule has 1 unspecified atom stereocenters. The summed E-state index contributed by atoms with van der Waals surface area (Å²) in [7, 11) is 4.23. The van der Waals surface area contributed by atoms with Crippen LogP contribution in [0.4, 0.5) is 0 Å². The molecule has 1 aromatic heterocycles. The Bertz CT molecular complexity index is 349. The van der Waals surface area contributed by atoms with Crippen molar-refractivity contribution in [1.82, 2.24) is 10.2 Å². The lowest BCUT2D eigenvalue weighted by Crippen LogP contribution is -2.24. The first-order chi connectivity index (χ1) is 7.66. The van der Waals surface area contributed by atoms with Crippen molar-refractivity contribution in [2.24, 2.45) is 0 Å². The van der Waals surface area contributed by atoms with Gasteiger partial charge in [-0.3, -0.25) is 0 Å². The quantitative estimate of drug-likeness (QED) is 0.817. The van der Waals surface area contributed by atoms with Gasteiger partial charge in [-0.05, 0) is 58.1 Å². The van der Waals surface area contributed by atoms with Crippen LogP contribution in [0, 0.1) is 0 Å². The number of thiophene rings is 1. The van der Waals surface area contributed by atoms with E-state index in [0.29, 0.717) is 6.04 Å². The summed E-state index contributed by atoms with van der Waals surface area (Å²) in [5.41, 5.74) is 1.44. The van der Waals surface area contributed by atoms with Crippen LogP contribution in [-0.2, 0) is 6.42 Å². The monoisotopic (exact) mass is 258 g/mol. The first-order valence-electron chi connectivity index (χ1n) is 5.83. The van der Waals surface area contributed by atoms with Gasteiger partial charge in [-0.25, -0.2) is 0 Å². The molecule has 0 aliphatic heterocycles. The average molecular weight is 259 g/mol. The van der Waals surface area contributed by atoms with E-state index in [4.69, 9.17) is 11.6 Å². The Balaban J connectivity index is 1.79. The second-order valence-corrected chi connectivity index (χ2v) is 6.40. The lowest BCUT2D eigenvalue weighted by molar-refractivity contribution is 0.386. The maximum absolute atomic E-state index is 6.03. The van der Waals surface area contributed by atoms with Gasteiger partial charge < -0.3 is 10.2 Å². The van der Waals surface area contributed by atoms with Gasteiger partial charge >= 0.3 is 0 Å². The molecule has 0 bridgehead atoms. The normalized spacial score (nSPS) is 19.4. The van der Waals surface area contributed by atoms with Crippen LogP contribution >= 0.6 is 22.9 Å². The van der Waals surface area contributed by atoms with Crippen LogP contribution in [0.15, 0.2) is 6.07 Å². The zero-order valence-corrected chi connectivity index (χ0v) is 11.5. The fourth-order valence-corrected chi connectivity index (χ4v) is 3.57. The molecule has 0 saturated heterocycles. The summed E-state index contributed by atoms with van der Waals surface area (Å²) in [4.78, 5) is 3.71. The van der Waals surface area contributed by atoms with E-state index in [1.54, 1.807) is 11.3 Å². The van der Waals surface area contributed by atoms with E-state index in [1.807, 2.05) is 0 Å². The molecule has 1 aliphatic rings. The molecule has 1 atom stereocenters. The Morgan fingerprint density at radius 2 is 2.38 bits per heavy atom. The molecular weight excluding hydrogens is 240 g/mol. The van der Waals surface area contributed by atoms with Crippen molar-refractivity contribution in [3.8, 4) is 0 Å². The Hall–Kier alpha value is -0.0900. The van der Waals surface area contributed by atoms with Crippen molar-refractivity contribution in [2.75, 3.05) is 27.2 Å². The lowest BCUT2D eigenvalue weighted by atomic mass is 10.2. The van der Waals surface area contributed by atoms with Gasteiger partial charge in [0.2, 0.25) is 0 Å². The van der Waals surface area contributed by atoms with Crippen molar-refractivity contribution in [1.29, 1.82) is 0 Å². The molecule has 1 aromatic rings. The van der Waals surface area contributed by atoms with Gasteiger partial charge in [-0.2, -0.15) is 0 Å². The lowest BCUT2D eigenvalue weighted by Gasteiger charge is -2.14. The van der Waals surface area contributed by atoms with Crippen LogP contribution in [0.25, 0.3) is 0 Å². The van der Waals surface area contributed by atoms with Gasteiger partial charge in [0.25, 0.3) is 0 Å². The van der Waals surface area contributed by atoms with E-state index in [9.17, 15) is 0 Å². The highest BCUT2D eigenvalue weighted by Gasteiger charge is 2.24. The Morgan fingerprint density at radius 1 is 1.56 bits per heavy atom. The van der Waals surface area contributed by atoms with Crippen molar-refractivity contribution >= 4 is 22.9 Å². The Kier molecular flexibility index (Phi) is 4.25. The van der Waals surface area contributed by atoms with Crippen LogP contribution in [-0.4, -0.2) is 32.1 Å². The summed E-state index contributed by atoms with van der Waals surface area (Å²) in [6, 6.07) is 2.68. The number of hydrogen-bond acceptors (Lipinski definition) is 3. The molecule has 4 heteroatoms. The molecule has 1 heterocycles. The fourth-order valence-electron chi connectivity index (χ4n) is 2.21. The SMILES string of the molecule is CN(C)CCCNC1CCc2sc(Cl)cc21. The minimum atomic E-state index is 0.543. The number of aryl methyl sites for hydroxylation is 1. The highest BCUT2D eigenvalue weighted by molar-refractivity contribution is 7.16. The summed E-state index contributed by atoms with van der Waals surface area (Å²) in [5.74, 6) is 0. The standard InChI is InChI=1S/C12H19ClN2S/c1-15(2)7-3-6-14-10-4-5-11-9(10)8-12(13)16-11/h8,10,14H,3-7H2,1-2H3. The zero-order valence-electron chi connectivity index (χ0n) is 9.92. The average Bonchev–Trinajstić information content (AvgIpc) is 2.72. The molecule has 1 N–H and O–H groups in total. The third-order valence-corrected chi connectivity index (χ3v) is 4.36. The second-order valence-electron chi connectivity index (χ2n) is 4.63. The van der Waals surface area contributed by atoms with Gasteiger partial charge in [0, 0.05) is 10.9 Å². The van der Waals surface area contributed by atoms with Gasteiger partial charge in [0.15, 0.2) is 0 Å². The van der Waals surface area contributed by atoms with Crippen molar-refractivity contribution in [3.05, 3.63) is 20.8 Å². The fraction of sp³-hybridized carbons (Fsp3) is 0.667. The summed E-state index contributed by atoms with van der Waals surface area (Å²) in [5, 5.41) is 3.63. The van der Waals surface area contributed by atoms with E-state index in [1.165, 1.54) is 29.7 Å². The molecule has 0 amide bonds. The van der Waals surface area contributed by atoms with Crippen LogP contribution < -0.4 is 5.32 Å². The molecule has 0 fully saturated rings. The molecule has 16 heavy (non-hydrogen) atoms. The summed E-state index contributed by atoms with van der Waals surface area (Å²) >= 11 is 7.77. The predicted octanol–water partition coefficient (Wildman–Crippen LogP) is 2.93. The molecule has 0 aromatic carbocycles. The molecule has 2 nitrogen and oxygen atoms in total. The van der Waals surface area contributed by atoms with Gasteiger partial charge in [0.05, 0.1) is 4.34 Å². The smallest absolute Gasteiger partial charge is 0.0934 e. The van der Waals surface area contributed by atoms with Crippen molar-refractivity contribution < 1.29 is 0 Å². The van der Waals surface area contributed by atoms with E-state index in [0.717, 1.165) is 17.4 Å². The molecule has 2 rings (SSSR count). The summed E-state index contributed by atoms with van der Waals surface area (Å²) in [6.07, 6.45) is 3.63. The third kappa shape index (κ3) is 2.98. The molecular formula is C12H19ClN2S. The van der Waals surface area contributed by atoms with E-state index in [-0.39, 0.29) is 0 Å². The van der Waals surface area contributed by atoms with Crippen LogP contribution in [0.3, 0.4) is 0 Å². The number of rotatable bonds is 5. The molecule has 0 spiro atoms. The predicted molar refractivity (Wildman–Crippen MR) is 71.6 cm³/mol. The zero-order chi connectivity index (χ0) is 11.5. The number of nitrogens with one attached hydrogen (secondary N) is 1. The largest absolute Gasteiger partial charge is 0.310 e. The van der Waals surface area contributed by atoms with Crippen LogP contribution in [0.1, 0.15) is 29.3 Å². The van der Waals surface area contributed by atoms with Crippen molar-refractivity contribution in [2.45, 2.75) is 25.3 Å².